The fourth-order valence-corrected chi connectivity index (χ4v) is 4.07. The fourth-order valence-electron chi connectivity index (χ4n) is 4.07. The fraction of sp³-hybridized carbons (Fsp3) is 0.429. The van der Waals surface area contributed by atoms with Gasteiger partial charge in [-0.1, -0.05) is 30.3 Å². The number of hydrogen-bond acceptors (Lipinski definition) is 4. The number of aromatic nitrogens is 1. The summed E-state index contributed by atoms with van der Waals surface area (Å²) >= 11 is 0. The van der Waals surface area contributed by atoms with Crippen LogP contribution in [0, 0.1) is 5.92 Å². The first kappa shape index (κ1) is 17.6. The first-order valence-corrected chi connectivity index (χ1v) is 9.75. The topological polar surface area (TPSA) is 83.3 Å². The highest BCUT2D eigenvalue weighted by molar-refractivity contribution is 5.74. The van der Waals surface area contributed by atoms with Crippen LogP contribution >= 0.6 is 0 Å². The van der Waals surface area contributed by atoms with Gasteiger partial charge in [-0.3, -0.25) is 0 Å². The van der Waals surface area contributed by atoms with Crippen LogP contribution in [0.25, 0.3) is 0 Å². The Morgan fingerprint density at radius 2 is 2.04 bits per heavy atom. The number of piperidine rings is 1. The third-order valence-corrected chi connectivity index (χ3v) is 5.60. The van der Waals surface area contributed by atoms with Crippen molar-refractivity contribution < 1.29 is 4.79 Å². The Morgan fingerprint density at radius 3 is 2.81 bits per heavy atom. The molecule has 4 N–H and O–H groups in total. The first-order valence-electron chi connectivity index (χ1n) is 9.75. The number of anilines is 2. The lowest BCUT2D eigenvalue weighted by molar-refractivity contribution is 0.170. The summed E-state index contributed by atoms with van der Waals surface area (Å²) in [5.74, 6) is 1.18. The molecule has 0 bridgehead atoms. The standard InChI is InChI=1S/C21H27N5O/c22-20-12-19-17(13-23-20)11-18(25-19)14-24-21(27)26-8-6-16(7-9-26)10-15-4-2-1-3-5-15/h1-5,12-13,16,18,25H,6-11,14H2,(H2,22,23)(H,24,27). The third-order valence-electron chi connectivity index (χ3n) is 5.60. The summed E-state index contributed by atoms with van der Waals surface area (Å²) in [6.45, 7) is 2.28. The van der Waals surface area contributed by atoms with Crippen LogP contribution in [0.4, 0.5) is 16.3 Å². The predicted octanol–water partition coefficient (Wildman–Crippen LogP) is 2.66. The van der Waals surface area contributed by atoms with Gasteiger partial charge < -0.3 is 21.3 Å². The summed E-state index contributed by atoms with van der Waals surface area (Å²) in [5, 5.41) is 6.50. The Hall–Kier alpha value is -2.76. The lowest BCUT2D eigenvalue weighted by Crippen LogP contribution is -2.47. The quantitative estimate of drug-likeness (QED) is 0.778. The summed E-state index contributed by atoms with van der Waals surface area (Å²) < 4.78 is 0. The lowest BCUT2D eigenvalue weighted by Gasteiger charge is -2.32. The molecule has 27 heavy (non-hydrogen) atoms. The minimum atomic E-state index is 0.0450. The maximum Gasteiger partial charge on any atom is 0.317 e. The highest BCUT2D eigenvalue weighted by Crippen LogP contribution is 2.26. The van der Waals surface area contributed by atoms with E-state index < -0.39 is 0 Å². The van der Waals surface area contributed by atoms with Gasteiger partial charge in [-0.25, -0.2) is 9.78 Å². The van der Waals surface area contributed by atoms with E-state index in [0.29, 0.717) is 18.3 Å². The van der Waals surface area contributed by atoms with Crippen molar-refractivity contribution in [2.45, 2.75) is 31.7 Å². The molecule has 1 unspecified atom stereocenters. The molecule has 2 amide bonds. The number of nitrogens with zero attached hydrogens (tertiary/aromatic N) is 2. The normalized spacial score (nSPS) is 19.4. The van der Waals surface area contributed by atoms with E-state index in [1.165, 1.54) is 5.56 Å². The Kier molecular flexibility index (Phi) is 5.14. The number of pyridine rings is 1. The number of benzene rings is 1. The highest BCUT2D eigenvalue weighted by atomic mass is 16.2. The van der Waals surface area contributed by atoms with Crippen molar-refractivity contribution in [2.75, 3.05) is 30.7 Å². The zero-order valence-corrected chi connectivity index (χ0v) is 15.5. The molecule has 1 fully saturated rings. The van der Waals surface area contributed by atoms with E-state index in [9.17, 15) is 4.79 Å². The predicted molar refractivity (Wildman–Crippen MR) is 108 cm³/mol. The van der Waals surface area contributed by atoms with Crippen LogP contribution in [0.1, 0.15) is 24.0 Å². The number of fused-ring (bicyclic) bond motifs is 1. The van der Waals surface area contributed by atoms with E-state index in [-0.39, 0.29) is 12.1 Å². The molecule has 1 aromatic heterocycles. The van der Waals surface area contributed by atoms with E-state index in [0.717, 1.165) is 50.0 Å². The highest BCUT2D eigenvalue weighted by Gasteiger charge is 2.25. The molecule has 1 atom stereocenters. The molecule has 0 spiro atoms. The van der Waals surface area contributed by atoms with Crippen molar-refractivity contribution in [3.05, 3.63) is 53.7 Å². The zero-order chi connectivity index (χ0) is 18.6. The maximum atomic E-state index is 12.5. The third kappa shape index (κ3) is 4.32. The Morgan fingerprint density at radius 1 is 1.26 bits per heavy atom. The minimum Gasteiger partial charge on any atom is -0.384 e. The number of nitrogens with one attached hydrogen (secondary N) is 2. The van der Waals surface area contributed by atoms with Gasteiger partial charge in [0.25, 0.3) is 0 Å². The molecule has 142 valence electrons. The van der Waals surface area contributed by atoms with Crippen LogP contribution in [0.5, 0.6) is 0 Å². The van der Waals surface area contributed by atoms with Crippen LogP contribution in [-0.2, 0) is 12.8 Å². The number of carbonyl (C=O) groups is 1. The number of carbonyl (C=O) groups excluding carboxylic acids is 1. The monoisotopic (exact) mass is 365 g/mol. The van der Waals surface area contributed by atoms with Gasteiger partial charge >= 0.3 is 6.03 Å². The maximum absolute atomic E-state index is 12.5. The summed E-state index contributed by atoms with van der Waals surface area (Å²) in [7, 11) is 0. The number of hydrogen-bond donors (Lipinski definition) is 3. The van der Waals surface area contributed by atoms with Gasteiger partial charge in [0.1, 0.15) is 5.82 Å². The summed E-state index contributed by atoms with van der Waals surface area (Å²) in [4.78, 5) is 18.6. The largest absolute Gasteiger partial charge is 0.384 e. The first-order chi connectivity index (χ1) is 13.2. The molecule has 0 aliphatic carbocycles. The molecular weight excluding hydrogens is 338 g/mol. The molecule has 2 aromatic rings. The van der Waals surface area contributed by atoms with E-state index >= 15 is 0 Å². The van der Waals surface area contributed by atoms with Crippen molar-refractivity contribution in [1.29, 1.82) is 0 Å². The molecule has 2 aliphatic heterocycles. The summed E-state index contributed by atoms with van der Waals surface area (Å²) in [6, 6.07) is 12.7. The van der Waals surface area contributed by atoms with Crippen LogP contribution in [0.15, 0.2) is 42.6 Å². The molecule has 1 saturated heterocycles. The van der Waals surface area contributed by atoms with Crippen molar-refractivity contribution in [3.8, 4) is 0 Å². The minimum absolute atomic E-state index is 0.0450. The number of rotatable bonds is 4. The van der Waals surface area contributed by atoms with Crippen molar-refractivity contribution in [3.63, 3.8) is 0 Å². The van der Waals surface area contributed by atoms with Gasteiger partial charge in [0.2, 0.25) is 0 Å². The second-order valence-corrected chi connectivity index (χ2v) is 7.62. The Labute approximate surface area is 160 Å². The molecular formula is C21H27N5O. The van der Waals surface area contributed by atoms with Gasteiger partial charge in [-0.15, -0.1) is 0 Å². The molecule has 4 rings (SSSR count). The van der Waals surface area contributed by atoms with Crippen LogP contribution in [0.2, 0.25) is 0 Å². The average molecular weight is 365 g/mol. The zero-order valence-electron chi connectivity index (χ0n) is 15.5. The van der Waals surface area contributed by atoms with E-state index in [1.54, 1.807) is 0 Å². The van der Waals surface area contributed by atoms with Crippen LogP contribution < -0.4 is 16.4 Å². The van der Waals surface area contributed by atoms with Crippen molar-refractivity contribution >= 4 is 17.5 Å². The van der Waals surface area contributed by atoms with E-state index in [1.807, 2.05) is 17.2 Å². The number of nitrogens with two attached hydrogens (primary N) is 1. The Balaban J connectivity index is 1.20. The molecule has 6 nitrogen and oxygen atoms in total. The van der Waals surface area contributed by atoms with Crippen molar-refractivity contribution in [2.24, 2.45) is 5.92 Å². The lowest BCUT2D eigenvalue weighted by atomic mass is 9.90. The second-order valence-electron chi connectivity index (χ2n) is 7.62. The SMILES string of the molecule is Nc1cc2c(cn1)CC(CNC(=O)N1CCC(Cc3ccccc3)CC1)N2. The van der Waals surface area contributed by atoms with Crippen LogP contribution in [-0.4, -0.2) is 41.6 Å². The van der Waals surface area contributed by atoms with Crippen LogP contribution in [0.3, 0.4) is 0 Å². The van der Waals surface area contributed by atoms with Gasteiger partial charge in [0.05, 0.1) is 0 Å². The smallest absolute Gasteiger partial charge is 0.317 e. The Bertz CT molecular complexity index is 786. The number of likely N-dealkylation sites (tertiary alicyclic amines) is 1. The molecule has 3 heterocycles. The summed E-state index contributed by atoms with van der Waals surface area (Å²) in [6.07, 6.45) is 5.93. The molecule has 6 heteroatoms. The average Bonchev–Trinajstić information content (AvgIpc) is 3.09. The second kappa shape index (κ2) is 7.86. The summed E-state index contributed by atoms with van der Waals surface area (Å²) in [5.41, 5.74) is 9.31. The van der Waals surface area contributed by atoms with Gasteiger partial charge in [0, 0.05) is 43.6 Å². The van der Waals surface area contributed by atoms with Gasteiger partial charge in [-0.2, -0.15) is 0 Å². The van der Waals surface area contributed by atoms with Crippen molar-refractivity contribution in [1.82, 2.24) is 15.2 Å². The van der Waals surface area contributed by atoms with E-state index in [4.69, 9.17) is 5.73 Å². The molecule has 0 radical (unpaired) electrons. The molecule has 0 saturated carbocycles. The molecule has 2 aliphatic rings. The number of urea groups is 1. The number of amides is 2. The van der Waals surface area contributed by atoms with Gasteiger partial charge in [0.15, 0.2) is 0 Å². The number of nitrogen functional groups attached to an aromatic ring is 1. The molecule has 1 aromatic carbocycles. The van der Waals surface area contributed by atoms with Gasteiger partial charge in [-0.05, 0) is 42.7 Å². The van der Waals surface area contributed by atoms with E-state index in [2.05, 4.69) is 45.9 Å².